The number of para-hydroxylation sites is 1. The van der Waals surface area contributed by atoms with Gasteiger partial charge in [-0.15, -0.1) is 0 Å². The molecule has 0 unspecified atom stereocenters. The van der Waals surface area contributed by atoms with Crippen LogP contribution in [0.4, 0.5) is 13.2 Å². The van der Waals surface area contributed by atoms with Gasteiger partial charge >= 0.3 is 6.18 Å². The number of fused-ring (bicyclic) bond motifs is 2. The Morgan fingerprint density at radius 2 is 1.88 bits per heavy atom. The molecule has 33 heavy (non-hydrogen) atoms. The van der Waals surface area contributed by atoms with E-state index in [1.807, 2.05) is 30.5 Å². The molecule has 172 valence electrons. The third-order valence-electron chi connectivity index (χ3n) is 5.91. The minimum Gasteiger partial charge on any atom is -0.361 e. The summed E-state index contributed by atoms with van der Waals surface area (Å²) < 4.78 is 41.4. The number of aromatic amines is 1. The molecule has 0 saturated carbocycles. The van der Waals surface area contributed by atoms with E-state index in [4.69, 9.17) is 0 Å². The summed E-state index contributed by atoms with van der Waals surface area (Å²) in [5.41, 5.74) is 0.851. The molecule has 4 rings (SSSR count). The van der Waals surface area contributed by atoms with Crippen LogP contribution in [0.2, 0.25) is 0 Å². The van der Waals surface area contributed by atoms with Gasteiger partial charge in [0.1, 0.15) is 6.04 Å². The lowest BCUT2D eigenvalue weighted by Crippen LogP contribution is -2.39. The van der Waals surface area contributed by atoms with Crippen LogP contribution >= 0.6 is 0 Å². The molecular weight excluding hydrogens is 433 g/mol. The third-order valence-corrected chi connectivity index (χ3v) is 5.91. The molecule has 4 aromatic rings. The first-order valence-corrected chi connectivity index (χ1v) is 10.5. The molecule has 2 heterocycles. The number of aryl methyl sites for hydroxylation is 2. The number of rotatable bonds is 5. The highest BCUT2D eigenvalue weighted by Crippen LogP contribution is 2.28. The second kappa shape index (κ2) is 8.38. The van der Waals surface area contributed by atoms with Crippen LogP contribution in [0.15, 0.2) is 47.4 Å². The maximum absolute atomic E-state index is 13.5. The molecule has 0 aliphatic rings. The van der Waals surface area contributed by atoms with Crippen molar-refractivity contribution >= 4 is 27.8 Å². The number of carbonyl (C=O) groups excluding carboxylic acids is 1. The maximum Gasteiger partial charge on any atom is 0.438 e. The van der Waals surface area contributed by atoms with Crippen LogP contribution in [0.3, 0.4) is 0 Å². The normalized spacial score (nSPS) is 12.9. The van der Waals surface area contributed by atoms with Gasteiger partial charge in [-0.2, -0.15) is 13.2 Å². The highest BCUT2D eigenvalue weighted by atomic mass is 19.4. The average molecular weight is 456 g/mol. The van der Waals surface area contributed by atoms with Gasteiger partial charge in [0.2, 0.25) is 11.6 Å². The fourth-order valence-electron chi connectivity index (χ4n) is 3.95. The largest absolute Gasteiger partial charge is 0.438 e. The maximum atomic E-state index is 13.5. The molecule has 0 aliphatic carbocycles. The molecule has 2 N–H and O–H groups in total. The third kappa shape index (κ3) is 4.22. The van der Waals surface area contributed by atoms with Gasteiger partial charge in [-0.25, -0.2) is 4.98 Å². The molecule has 0 spiro atoms. The van der Waals surface area contributed by atoms with E-state index in [9.17, 15) is 22.8 Å². The Kier molecular flexibility index (Phi) is 5.73. The van der Waals surface area contributed by atoms with E-state index in [0.29, 0.717) is 6.42 Å². The number of nitrogens with one attached hydrogen (secondary N) is 2. The van der Waals surface area contributed by atoms with E-state index in [1.165, 1.54) is 13.0 Å². The minimum atomic E-state index is -4.93. The van der Waals surface area contributed by atoms with Crippen LogP contribution in [-0.4, -0.2) is 27.0 Å². The summed E-state index contributed by atoms with van der Waals surface area (Å²) in [6.45, 7) is 5.22. The van der Waals surface area contributed by atoms with E-state index >= 15 is 0 Å². The van der Waals surface area contributed by atoms with Gasteiger partial charge in [0, 0.05) is 23.6 Å². The number of carbonyl (C=O) groups is 1. The first kappa shape index (κ1) is 22.6. The number of nitrogens with zero attached hydrogens (tertiary/aromatic N) is 2. The number of H-pyrrole nitrogens is 1. The van der Waals surface area contributed by atoms with Gasteiger partial charge < -0.3 is 10.3 Å². The number of halogens is 3. The predicted molar refractivity (Wildman–Crippen MR) is 120 cm³/mol. The Labute approximate surface area is 187 Å². The van der Waals surface area contributed by atoms with Crippen molar-refractivity contribution in [3.63, 3.8) is 0 Å². The summed E-state index contributed by atoms with van der Waals surface area (Å²) in [6.07, 6.45) is -2.54. The van der Waals surface area contributed by atoms with Gasteiger partial charge in [0.15, 0.2) is 0 Å². The van der Waals surface area contributed by atoms with Crippen molar-refractivity contribution in [2.24, 2.45) is 0 Å². The Morgan fingerprint density at radius 3 is 2.61 bits per heavy atom. The lowest BCUT2D eigenvalue weighted by Gasteiger charge is -2.20. The number of hydrogen-bond acceptors (Lipinski definition) is 3. The molecule has 0 saturated heterocycles. The summed E-state index contributed by atoms with van der Waals surface area (Å²) in [7, 11) is 0. The number of aromatic nitrogens is 3. The SMILES string of the molecule is Cc1cc2nc(C(F)(F)F)c(=O)n([C@H](C)C(=O)NCCc3c[nH]c4ccccc34)c2cc1C. The number of hydrogen-bond donors (Lipinski definition) is 2. The smallest absolute Gasteiger partial charge is 0.361 e. The summed E-state index contributed by atoms with van der Waals surface area (Å²) in [5, 5.41) is 3.78. The van der Waals surface area contributed by atoms with Crippen molar-refractivity contribution in [1.82, 2.24) is 19.9 Å². The average Bonchev–Trinajstić information content (AvgIpc) is 3.16. The van der Waals surface area contributed by atoms with Gasteiger partial charge in [0.05, 0.1) is 11.0 Å². The molecule has 0 bridgehead atoms. The fourth-order valence-corrected chi connectivity index (χ4v) is 3.95. The van der Waals surface area contributed by atoms with Crippen molar-refractivity contribution < 1.29 is 18.0 Å². The van der Waals surface area contributed by atoms with Crippen molar-refractivity contribution in [2.75, 3.05) is 6.54 Å². The lowest BCUT2D eigenvalue weighted by atomic mass is 10.1. The van der Waals surface area contributed by atoms with Gasteiger partial charge in [0.25, 0.3) is 5.56 Å². The molecule has 9 heteroatoms. The summed E-state index contributed by atoms with van der Waals surface area (Å²) >= 11 is 0. The molecular formula is C24H23F3N4O2. The first-order chi connectivity index (χ1) is 15.6. The zero-order chi connectivity index (χ0) is 23.9. The Morgan fingerprint density at radius 1 is 1.18 bits per heavy atom. The van der Waals surface area contributed by atoms with Crippen LogP contribution < -0.4 is 10.9 Å². The molecule has 1 amide bonds. The van der Waals surface area contributed by atoms with E-state index in [-0.39, 0.29) is 17.6 Å². The van der Waals surface area contributed by atoms with E-state index in [1.54, 1.807) is 19.9 Å². The molecule has 0 aliphatic heterocycles. The molecule has 2 aromatic heterocycles. The Balaban J connectivity index is 1.64. The van der Waals surface area contributed by atoms with Crippen LogP contribution in [0, 0.1) is 13.8 Å². The molecule has 0 radical (unpaired) electrons. The van der Waals surface area contributed by atoms with Crippen LogP contribution in [-0.2, 0) is 17.4 Å². The highest BCUT2D eigenvalue weighted by Gasteiger charge is 2.38. The summed E-state index contributed by atoms with van der Waals surface area (Å²) in [5.74, 6) is -0.546. The molecule has 0 fully saturated rings. The van der Waals surface area contributed by atoms with Crippen LogP contribution in [0.25, 0.3) is 21.9 Å². The van der Waals surface area contributed by atoms with Crippen LogP contribution in [0.1, 0.15) is 35.3 Å². The number of alkyl halides is 3. The number of benzene rings is 2. The topological polar surface area (TPSA) is 79.8 Å². The highest BCUT2D eigenvalue weighted by molar-refractivity contribution is 5.85. The van der Waals surface area contributed by atoms with Gasteiger partial charge in [-0.1, -0.05) is 18.2 Å². The summed E-state index contributed by atoms with van der Waals surface area (Å²) in [4.78, 5) is 32.4. The molecule has 1 atom stereocenters. The molecule has 2 aromatic carbocycles. The fraction of sp³-hybridized carbons (Fsp3) is 0.292. The lowest BCUT2D eigenvalue weighted by molar-refractivity contribution is -0.142. The first-order valence-electron chi connectivity index (χ1n) is 10.5. The summed E-state index contributed by atoms with van der Waals surface area (Å²) in [6, 6.07) is 9.69. The van der Waals surface area contributed by atoms with Crippen LogP contribution in [0.5, 0.6) is 0 Å². The molecule has 6 nitrogen and oxygen atoms in total. The Hall–Kier alpha value is -3.62. The standard InChI is InChI=1S/C24H23F3N4O2/c1-13-10-19-20(11-14(13)2)31(23(33)21(30-19)24(25,26)27)15(3)22(32)28-9-8-16-12-29-18-7-5-4-6-17(16)18/h4-7,10-12,15,29H,8-9H2,1-3H3,(H,28,32)/t15-/m1/s1. The van der Waals surface area contributed by atoms with E-state index in [0.717, 1.165) is 32.2 Å². The van der Waals surface area contributed by atoms with E-state index < -0.39 is 29.4 Å². The van der Waals surface area contributed by atoms with Crippen molar-refractivity contribution in [1.29, 1.82) is 0 Å². The second-order valence-electron chi connectivity index (χ2n) is 8.14. The monoisotopic (exact) mass is 456 g/mol. The predicted octanol–water partition coefficient (Wildman–Crippen LogP) is 4.43. The van der Waals surface area contributed by atoms with Gasteiger partial charge in [-0.05, 0) is 62.1 Å². The van der Waals surface area contributed by atoms with E-state index in [2.05, 4.69) is 15.3 Å². The van der Waals surface area contributed by atoms with Crippen molar-refractivity contribution in [3.8, 4) is 0 Å². The van der Waals surface area contributed by atoms with Crippen molar-refractivity contribution in [2.45, 2.75) is 39.4 Å². The zero-order valence-corrected chi connectivity index (χ0v) is 18.4. The minimum absolute atomic E-state index is 0.0171. The Bertz CT molecular complexity index is 1420. The second-order valence-corrected chi connectivity index (χ2v) is 8.14. The van der Waals surface area contributed by atoms with Gasteiger partial charge in [-0.3, -0.25) is 14.2 Å². The van der Waals surface area contributed by atoms with Crippen molar-refractivity contribution in [3.05, 3.63) is 75.3 Å². The quantitative estimate of drug-likeness (QED) is 0.466. The zero-order valence-electron chi connectivity index (χ0n) is 18.4. The number of amides is 1.